The van der Waals surface area contributed by atoms with Gasteiger partial charge < -0.3 is 19.5 Å². The lowest BCUT2D eigenvalue weighted by Gasteiger charge is -2.21. The second kappa shape index (κ2) is 8.66. The summed E-state index contributed by atoms with van der Waals surface area (Å²) in [5.74, 6) is 0.966. The minimum atomic E-state index is -0.604. The van der Waals surface area contributed by atoms with Crippen LogP contribution in [0.25, 0.3) is 0 Å². The van der Waals surface area contributed by atoms with E-state index >= 15 is 0 Å². The highest BCUT2D eigenvalue weighted by Gasteiger charge is 2.40. The highest BCUT2D eigenvalue weighted by Crippen LogP contribution is 2.37. The number of ether oxygens (including phenoxy) is 3. The third-order valence-electron chi connectivity index (χ3n) is 4.68. The number of amides is 3. The molecule has 0 radical (unpaired) electrons. The molecule has 1 fully saturated rings. The molecule has 2 heterocycles. The van der Waals surface area contributed by atoms with Crippen molar-refractivity contribution < 1.29 is 28.6 Å². The second-order valence-corrected chi connectivity index (χ2v) is 7.87. The molecule has 2 aliphatic heterocycles. The van der Waals surface area contributed by atoms with Crippen LogP contribution in [0.4, 0.5) is 11.4 Å². The fraction of sp³-hybridized carbons (Fsp3) is 0.286. The molecule has 1 atom stereocenters. The number of carbonyl (C=O) groups is 3. The number of thioether (sulfide) groups is 1. The van der Waals surface area contributed by atoms with Crippen LogP contribution < -0.4 is 24.4 Å². The summed E-state index contributed by atoms with van der Waals surface area (Å²) in [4.78, 5) is 38.6. The summed E-state index contributed by atoms with van der Waals surface area (Å²) >= 11 is 1.15. The number of anilines is 2. The Kier molecular flexibility index (Phi) is 5.80. The van der Waals surface area contributed by atoms with E-state index in [9.17, 15) is 14.4 Å². The van der Waals surface area contributed by atoms with E-state index in [0.717, 1.165) is 16.7 Å². The number of rotatable bonds is 6. The van der Waals surface area contributed by atoms with Crippen LogP contribution in [0.1, 0.15) is 6.42 Å². The number of carbonyl (C=O) groups excluding carboxylic acids is 3. The first-order valence-corrected chi connectivity index (χ1v) is 10.4. The number of hydrogen-bond donors (Lipinski definition) is 1. The zero-order valence-electron chi connectivity index (χ0n) is 16.3. The summed E-state index contributed by atoms with van der Waals surface area (Å²) in [5, 5.41) is 2.16. The largest absolute Gasteiger partial charge is 0.497 e. The normalized spacial score (nSPS) is 17.8. The Morgan fingerprint density at radius 3 is 2.60 bits per heavy atom. The molecule has 8 nitrogen and oxygen atoms in total. The summed E-state index contributed by atoms with van der Waals surface area (Å²) < 4.78 is 16.1. The van der Waals surface area contributed by atoms with E-state index in [4.69, 9.17) is 14.2 Å². The minimum absolute atomic E-state index is 0.0494. The fourth-order valence-electron chi connectivity index (χ4n) is 3.22. The van der Waals surface area contributed by atoms with E-state index in [2.05, 4.69) is 5.32 Å². The van der Waals surface area contributed by atoms with Crippen LogP contribution >= 0.6 is 11.8 Å². The topological polar surface area (TPSA) is 94.2 Å². The number of benzene rings is 2. The Morgan fingerprint density at radius 2 is 1.87 bits per heavy atom. The van der Waals surface area contributed by atoms with Gasteiger partial charge >= 0.3 is 0 Å². The molecule has 0 aromatic heterocycles. The SMILES string of the molecule is COc1ccc(NC(=O)CS[C@H]2CC(=O)N(c3ccc4c(c3)OCCO4)C2=O)cc1. The summed E-state index contributed by atoms with van der Waals surface area (Å²) in [6, 6.07) is 11.9. The Bertz CT molecular complexity index is 978. The number of nitrogens with zero attached hydrogens (tertiary/aromatic N) is 1. The molecule has 0 spiro atoms. The Hall–Kier alpha value is -3.20. The van der Waals surface area contributed by atoms with Crippen LogP contribution in [0.2, 0.25) is 0 Å². The van der Waals surface area contributed by atoms with Crippen LogP contribution in [0.15, 0.2) is 42.5 Å². The van der Waals surface area contributed by atoms with Gasteiger partial charge in [0.15, 0.2) is 11.5 Å². The molecule has 0 unspecified atom stereocenters. The van der Waals surface area contributed by atoms with Gasteiger partial charge in [-0.1, -0.05) is 0 Å². The number of methoxy groups -OCH3 is 1. The van der Waals surface area contributed by atoms with Gasteiger partial charge in [0.2, 0.25) is 17.7 Å². The van der Waals surface area contributed by atoms with Crippen molar-refractivity contribution in [1.82, 2.24) is 0 Å². The van der Waals surface area contributed by atoms with E-state index in [1.165, 1.54) is 0 Å². The first-order valence-electron chi connectivity index (χ1n) is 9.37. The Balaban J connectivity index is 1.36. The van der Waals surface area contributed by atoms with Crippen molar-refractivity contribution >= 4 is 40.9 Å². The highest BCUT2D eigenvalue weighted by atomic mass is 32.2. The van der Waals surface area contributed by atoms with E-state index < -0.39 is 5.25 Å². The van der Waals surface area contributed by atoms with Crippen LogP contribution in [0, 0.1) is 0 Å². The first-order chi connectivity index (χ1) is 14.5. The van der Waals surface area contributed by atoms with Crippen molar-refractivity contribution in [2.24, 2.45) is 0 Å². The van der Waals surface area contributed by atoms with Crippen molar-refractivity contribution in [3.8, 4) is 17.2 Å². The third-order valence-corrected chi connectivity index (χ3v) is 5.88. The van der Waals surface area contributed by atoms with Gasteiger partial charge in [-0.3, -0.25) is 14.4 Å². The molecule has 2 aromatic carbocycles. The summed E-state index contributed by atoms with van der Waals surface area (Å²) in [6.07, 6.45) is 0.0494. The van der Waals surface area contributed by atoms with Crippen LogP contribution in [-0.2, 0) is 14.4 Å². The van der Waals surface area contributed by atoms with Gasteiger partial charge in [0.25, 0.3) is 0 Å². The molecule has 0 saturated carbocycles. The standard InChI is InChI=1S/C21H20N2O6S/c1-27-15-5-2-13(3-6-15)22-19(24)12-30-18-11-20(25)23(21(18)26)14-4-7-16-17(10-14)29-9-8-28-16/h2-7,10,18H,8-9,11-12H2,1H3,(H,22,24)/t18-/m0/s1. The summed E-state index contributed by atoms with van der Waals surface area (Å²) in [6.45, 7) is 0.880. The molecular weight excluding hydrogens is 408 g/mol. The van der Waals surface area contributed by atoms with E-state index in [1.807, 2.05) is 0 Å². The maximum atomic E-state index is 12.8. The molecule has 30 heavy (non-hydrogen) atoms. The number of fused-ring (bicyclic) bond motifs is 1. The average Bonchev–Trinajstić information content (AvgIpc) is 3.05. The second-order valence-electron chi connectivity index (χ2n) is 6.68. The average molecular weight is 428 g/mol. The maximum absolute atomic E-state index is 12.8. The summed E-state index contributed by atoms with van der Waals surface area (Å²) in [5.41, 5.74) is 1.08. The molecule has 9 heteroatoms. The smallest absolute Gasteiger partial charge is 0.247 e. The van der Waals surface area contributed by atoms with Crippen molar-refractivity contribution in [3.05, 3.63) is 42.5 Å². The lowest BCUT2D eigenvalue weighted by Crippen LogP contribution is -2.31. The van der Waals surface area contributed by atoms with Crippen molar-refractivity contribution in [3.63, 3.8) is 0 Å². The van der Waals surface area contributed by atoms with Gasteiger partial charge in [-0.25, -0.2) is 4.90 Å². The molecule has 3 amide bonds. The minimum Gasteiger partial charge on any atom is -0.497 e. The van der Waals surface area contributed by atoms with Gasteiger partial charge in [0.05, 0.1) is 23.8 Å². The van der Waals surface area contributed by atoms with Crippen molar-refractivity contribution in [1.29, 1.82) is 0 Å². The van der Waals surface area contributed by atoms with Gasteiger partial charge in [0.1, 0.15) is 19.0 Å². The lowest BCUT2D eigenvalue weighted by molar-refractivity contribution is -0.121. The van der Waals surface area contributed by atoms with Crippen molar-refractivity contribution in [2.75, 3.05) is 36.3 Å². The number of imide groups is 1. The zero-order chi connectivity index (χ0) is 21.1. The van der Waals surface area contributed by atoms with Crippen molar-refractivity contribution in [2.45, 2.75) is 11.7 Å². The van der Waals surface area contributed by atoms with E-state index in [0.29, 0.717) is 41.8 Å². The van der Waals surface area contributed by atoms with Gasteiger partial charge in [-0.05, 0) is 36.4 Å². The molecular formula is C21H20N2O6S. The zero-order valence-corrected chi connectivity index (χ0v) is 17.1. The molecule has 4 rings (SSSR count). The Morgan fingerprint density at radius 1 is 1.13 bits per heavy atom. The molecule has 2 aliphatic rings. The molecule has 0 bridgehead atoms. The van der Waals surface area contributed by atoms with Crippen LogP contribution in [0.3, 0.4) is 0 Å². The predicted octanol–water partition coefficient (Wildman–Crippen LogP) is 2.47. The fourth-order valence-corrected chi connectivity index (χ4v) is 4.16. The molecule has 156 valence electrons. The highest BCUT2D eigenvalue weighted by molar-refractivity contribution is 8.01. The van der Waals surface area contributed by atoms with E-state index in [1.54, 1.807) is 49.6 Å². The van der Waals surface area contributed by atoms with E-state index in [-0.39, 0.29) is 29.9 Å². The van der Waals surface area contributed by atoms with Gasteiger partial charge in [-0.2, -0.15) is 0 Å². The van der Waals surface area contributed by atoms with Crippen LogP contribution in [0.5, 0.6) is 17.2 Å². The lowest BCUT2D eigenvalue weighted by atomic mass is 10.2. The third kappa shape index (κ3) is 4.20. The molecule has 1 saturated heterocycles. The molecule has 1 N–H and O–H groups in total. The summed E-state index contributed by atoms with van der Waals surface area (Å²) in [7, 11) is 1.57. The van der Waals surface area contributed by atoms with Gasteiger partial charge in [-0.15, -0.1) is 11.8 Å². The first kappa shape index (κ1) is 20.1. The number of hydrogen-bond acceptors (Lipinski definition) is 7. The Labute approximate surface area is 177 Å². The molecule has 0 aliphatic carbocycles. The molecule has 2 aromatic rings. The number of nitrogens with one attached hydrogen (secondary N) is 1. The monoisotopic (exact) mass is 428 g/mol. The maximum Gasteiger partial charge on any atom is 0.247 e. The predicted molar refractivity (Wildman–Crippen MR) is 112 cm³/mol. The van der Waals surface area contributed by atoms with Crippen LogP contribution in [-0.4, -0.2) is 49.0 Å². The van der Waals surface area contributed by atoms with Gasteiger partial charge in [0, 0.05) is 18.2 Å². The quantitative estimate of drug-likeness (QED) is 0.707.